The fourth-order valence-electron chi connectivity index (χ4n) is 4.58. The molecule has 0 radical (unpaired) electrons. The van der Waals surface area contributed by atoms with Gasteiger partial charge in [0, 0.05) is 69.0 Å². The van der Waals surface area contributed by atoms with Gasteiger partial charge in [-0.3, -0.25) is 14.6 Å². The summed E-state index contributed by atoms with van der Waals surface area (Å²) in [5.41, 5.74) is 7.00. The minimum absolute atomic E-state index is 0.00255. The molecule has 7 nitrogen and oxygen atoms in total. The summed E-state index contributed by atoms with van der Waals surface area (Å²) in [4.78, 5) is 36.5. The summed E-state index contributed by atoms with van der Waals surface area (Å²) in [6.45, 7) is 11.4. The van der Waals surface area contributed by atoms with Gasteiger partial charge in [-0.15, -0.1) is 0 Å². The number of nitrogens with zero attached hydrogens (tertiary/aromatic N) is 4. The van der Waals surface area contributed by atoms with Crippen LogP contribution >= 0.6 is 0 Å². The number of amides is 2. The summed E-state index contributed by atoms with van der Waals surface area (Å²) < 4.78 is 0. The summed E-state index contributed by atoms with van der Waals surface area (Å²) >= 11 is 0. The van der Waals surface area contributed by atoms with Gasteiger partial charge in [0.2, 0.25) is 6.41 Å². The lowest BCUT2D eigenvalue weighted by molar-refractivity contribution is -0.117. The second kappa shape index (κ2) is 16.2. The average molecular weight is 544 g/mol. The lowest BCUT2D eigenvalue weighted by Crippen LogP contribution is -2.26. The highest BCUT2D eigenvalue weighted by atomic mass is 16.2. The van der Waals surface area contributed by atoms with Crippen LogP contribution in [0.3, 0.4) is 0 Å². The van der Waals surface area contributed by atoms with Crippen LogP contribution in [0.1, 0.15) is 73.6 Å². The average Bonchev–Trinajstić information content (AvgIpc) is 2.98. The monoisotopic (exact) mass is 543 g/mol. The summed E-state index contributed by atoms with van der Waals surface area (Å²) in [6, 6.07) is 13.9. The van der Waals surface area contributed by atoms with E-state index >= 15 is 0 Å². The van der Waals surface area contributed by atoms with Crippen molar-refractivity contribution in [1.29, 1.82) is 0 Å². The maximum Gasteiger partial charge on any atom is 0.253 e. The van der Waals surface area contributed by atoms with E-state index < -0.39 is 0 Å². The predicted octanol–water partition coefficient (Wildman–Crippen LogP) is 6.67. The minimum Gasteiger partial charge on any atom is -0.373 e. The standard InChI is InChI=1S/C31H39N5O2.C2H6/c1-7-24(25-8-10-26(11-9-25)31(38)35(5)6)15-17-36(21-37)20-22(2)18-29-23(3)33-16-14-28(29)27-12-13-30(32-4)34-19-27;1-2/h8-14,16,18-19,21,24H,7,15,17,20H2,1-6H3,(H,32,34);1-2H3/b22-18+;. The van der Waals surface area contributed by atoms with E-state index in [-0.39, 0.29) is 5.91 Å². The van der Waals surface area contributed by atoms with Crippen molar-refractivity contribution in [2.24, 2.45) is 0 Å². The lowest BCUT2D eigenvalue weighted by Gasteiger charge is -2.22. The largest absolute Gasteiger partial charge is 0.373 e. The number of hydrogen-bond acceptors (Lipinski definition) is 5. The van der Waals surface area contributed by atoms with Gasteiger partial charge in [0.05, 0.1) is 0 Å². The molecule has 214 valence electrons. The zero-order chi connectivity index (χ0) is 29.7. The quantitative estimate of drug-likeness (QED) is 0.258. The van der Waals surface area contributed by atoms with Crippen LogP contribution in [0.15, 0.2) is 60.4 Å². The molecule has 1 unspecified atom stereocenters. The van der Waals surface area contributed by atoms with Gasteiger partial charge in [0.15, 0.2) is 0 Å². The normalized spacial score (nSPS) is 11.7. The Bertz CT molecular complexity index is 1250. The van der Waals surface area contributed by atoms with Gasteiger partial charge in [0.25, 0.3) is 5.91 Å². The van der Waals surface area contributed by atoms with E-state index in [0.29, 0.717) is 24.6 Å². The molecule has 2 aromatic heterocycles. The first-order valence-corrected chi connectivity index (χ1v) is 14.0. The Labute approximate surface area is 240 Å². The second-order valence-corrected chi connectivity index (χ2v) is 9.82. The molecule has 7 heteroatoms. The molecule has 0 aliphatic heterocycles. The van der Waals surface area contributed by atoms with Crippen LogP contribution in [0, 0.1) is 6.92 Å². The summed E-state index contributed by atoms with van der Waals surface area (Å²) in [7, 11) is 5.36. The number of benzene rings is 1. The van der Waals surface area contributed by atoms with Gasteiger partial charge in [-0.1, -0.05) is 44.6 Å². The molecule has 40 heavy (non-hydrogen) atoms. The molecular weight excluding hydrogens is 498 g/mol. The molecule has 0 bridgehead atoms. The Kier molecular flexibility index (Phi) is 13.0. The molecule has 2 heterocycles. The van der Waals surface area contributed by atoms with Crippen molar-refractivity contribution < 1.29 is 9.59 Å². The van der Waals surface area contributed by atoms with Crippen molar-refractivity contribution in [3.63, 3.8) is 0 Å². The van der Waals surface area contributed by atoms with Gasteiger partial charge in [-0.25, -0.2) is 4.98 Å². The van der Waals surface area contributed by atoms with Crippen LogP contribution in [0.4, 0.5) is 5.82 Å². The van der Waals surface area contributed by atoms with Crippen molar-refractivity contribution in [3.8, 4) is 11.1 Å². The zero-order valence-corrected chi connectivity index (χ0v) is 25.4. The first-order valence-electron chi connectivity index (χ1n) is 14.0. The molecule has 0 fully saturated rings. The molecular formula is C33H45N5O2. The number of nitrogens with one attached hydrogen (secondary N) is 1. The maximum atomic E-state index is 12.2. The summed E-state index contributed by atoms with van der Waals surface area (Å²) in [5, 5.41) is 3.05. The van der Waals surface area contributed by atoms with Crippen molar-refractivity contribution in [2.75, 3.05) is 39.5 Å². The zero-order valence-electron chi connectivity index (χ0n) is 25.4. The summed E-state index contributed by atoms with van der Waals surface area (Å²) in [6.07, 6.45) is 8.54. The number of carbonyl (C=O) groups excluding carboxylic acids is 2. The topological polar surface area (TPSA) is 78.4 Å². The van der Waals surface area contributed by atoms with Gasteiger partial charge < -0.3 is 15.1 Å². The number of rotatable bonds is 12. The highest BCUT2D eigenvalue weighted by Crippen LogP contribution is 2.28. The van der Waals surface area contributed by atoms with E-state index in [1.807, 2.05) is 94.5 Å². The smallest absolute Gasteiger partial charge is 0.253 e. The van der Waals surface area contributed by atoms with E-state index in [9.17, 15) is 9.59 Å². The number of hydrogen-bond donors (Lipinski definition) is 1. The third-order valence-corrected chi connectivity index (χ3v) is 6.81. The van der Waals surface area contributed by atoms with Crippen LogP contribution in [-0.2, 0) is 4.79 Å². The fourth-order valence-corrected chi connectivity index (χ4v) is 4.58. The Morgan fingerprint density at radius 2 is 1.75 bits per heavy atom. The number of carbonyl (C=O) groups is 2. The minimum atomic E-state index is -0.00255. The third kappa shape index (κ3) is 8.76. The number of pyridine rings is 2. The maximum absolute atomic E-state index is 12.2. The van der Waals surface area contributed by atoms with Crippen LogP contribution in [-0.4, -0.2) is 66.3 Å². The van der Waals surface area contributed by atoms with E-state index in [1.54, 1.807) is 19.0 Å². The molecule has 1 aromatic carbocycles. The second-order valence-electron chi connectivity index (χ2n) is 9.82. The molecule has 2 amide bonds. The Morgan fingerprint density at radius 1 is 1.05 bits per heavy atom. The Hall–Kier alpha value is -4.00. The number of aromatic nitrogens is 2. The van der Waals surface area contributed by atoms with Crippen molar-refractivity contribution >= 4 is 24.2 Å². The molecule has 0 spiro atoms. The number of aryl methyl sites for hydroxylation is 1. The van der Waals surface area contributed by atoms with Crippen molar-refractivity contribution in [2.45, 2.75) is 53.4 Å². The Balaban J connectivity index is 0.00000274. The number of anilines is 1. The molecule has 0 saturated heterocycles. The van der Waals surface area contributed by atoms with Crippen LogP contribution in [0.2, 0.25) is 0 Å². The van der Waals surface area contributed by atoms with Crippen LogP contribution < -0.4 is 5.32 Å². The van der Waals surface area contributed by atoms with Gasteiger partial charge in [0.1, 0.15) is 5.82 Å². The highest BCUT2D eigenvalue weighted by molar-refractivity contribution is 5.93. The van der Waals surface area contributed by atoms with Gasteiger partial charge in [-0.05, 0) is 74.1 Å². The highest BCUT2D eigenvalue weighted by Gasteiger charge is 2.15. The molecule has 0 aliphatic rings. The van der Waals surface area contributed by atoms with Crippen molar-refractivity contribution in [1.82, 2.24) is 19.8 Å². The Morgan fingerprint density at radius 3 is 2.30 bits per heavy atom. The first-order chi connectivity index (χ1) is 19.3. The van der Waals surface area contributed by atoms with E-state index in [2.05, 4.69) is 28.3 Å². The van der Waals surface area contributed by atoms with Crippen LogP contribution in [0.5, 0.6) is 0 Å². The molecule has 1 N–H and O–H groups in total. The van der Waals surface area contributed by atoms with Gasteiger partial charge >= 0.3 is 0 Å². The predicted molar refractivity (Wildman–Crippen MR) is 166 cm³/mol. The first kappa shape index (κ1) is 32.2. The van der Waals surface area contributed by atoms with E-state index in [1.165, 1.54) is 5.56 Å². The van der Waals surface area contributed by atoms with Crippen molar-refractivity contribution in [3.05, 3.63) is 82.8 Å². The van der Waals surface area contributed by atoms with E-state index in [4.69, 9.17) is 0 Å². The van der Waals surface area contributed by atoms with Crippen LogP contribution in [0.25, 0.3) is 17.2 Å². The van der Waals surface area contributed by atoms with E-state index in [0.717, 1.165) is 53.0 Å². The molecule has 0 saturated carbocycles. The molecule has 3 aromatic rings. The summed E-state index contributed by atoms with van der Waals surface area (Å²) in [5.74, 6) is 1.13. The third-order valence-electron chi connectivity index (χ3n) is 6.81. The SMILES string of the molecule is CC.CCC(CCN(C=O)C/C(C)=C/c1c(-c2ccc(NC)nc2)ccnc1C)c1ccc(C(=O)N(C)C)cc1. The fraction of sp³-hybridized carbons (Fsp3) is 0.394. The molecule has 0 aliphatic carbocycles. The lowest BCUT2D eigenvalue weighted by atomic mass is 9.92. The molecule has 3 rings (SSSR count). The van der Waals surface area contributed by atoms with Gasteiger partial charge in [-0.2, -0.15) is 0 Å². The molecule has 1 atom stereocenters.